The Morgan fingerprint density at radius 1 is 1.50 bits per heavy atom. The second kappa shape index (κ2) is 4.87. The Balaban J connectivity index is 2.39. The van der Waals surface area contributed by atoms with Crippen molar-refractivity contribution in [1.29, 1.82) is 0 Å². The summed E-state index contributed by atoms with van der Waals surface area (Å²) in [6.45, 7) is 3.90. The predicted molar refractivity (Wildman–Crippen MR) is 66.5 cm³/mol. The van der Waals surface area contributed by atoms with Crippen LogP contribution in [-0.4, -0.2) is 27.1 Å². The van der Waals surface area contributed by atoms with Crippen molar-refractivity contribution in [2.75, 3.05) is 12.3 Å². The lowest BCUT2D eigenvalue weighted by atomic mass is 10.3. The predicted octanol–water partition coefficient (Wildman–Crippen LogP) is 1.33. The van der Waals surface area contributed by atoms with Gasteiger partial charge >= 0.3 is 5.97 Å². The Hall–Kier alpha value is -2.37. The Labute approximate surface area is 104 Å². The molecule has 0 aliphatic heterocycles. The third-order valence-corrected chi connectivity index (χ3v) is 2.43. The van der Waals surface area contributed by atoms with Crippen molar-refractivity contribution >= 4 is 11.8 Å². The molecular formula is C12H14N4O2. The van der Waals surface area contributed by atoms with Crippen LogP contribution in [0.5, 0.6) is 0 Å². The van der Waals surface area contributed by atoms with Gasteiger partial charge in [-0.2, -0.15) is 0 Å². The molecule has 0 aliphatic rings. The summed E-state index contributed by atoms with van der Waals surface area (Å²) in [7, 11) is 0. The molecule has 2 heterocycles. The number of carbonyl (C=O) groups is 1. The zero-order valence-electron chi connectivity index (χ0n) is 10.3. The second-order valence-corrected chi connectivity index (χ2v) is 3.72. The lowest BCUT2D eigenvalue weighted by molar-refractivity contribution is 0.0521. The maximum atomic E-state index is 11.6. The number of pyridine rings is 1. The average molecular weight is 246 g/mol. The molecule has 2 N–H and O–H groups in total. The number of nitrogen functional groups attached to an aromatic ring is 1. The maximum absolute atomic E-state index is 11.6. The minimum absolute atomic E-state index is 0.131. The molecular weight excluding hydrogens is 232 g/mol. The number of carbonyl (C=O) groups excluding carboxylic acids is 1. The van der Waals surface area contributed by atoms with Gasteiger partial charge in [-0.25, -0.2) is 9.78 Å². The molecule has 0 bridgehead atoms. The molecule has 0 saturated heterocycles. The maximum Gasteiger partial charge on any atom is 0.360 e. The highest BCUT2D eigenvalue weighted by atomic mass is 16.5. The molecule has 0 aliphatic carbocycles. The van der Waals surface area contributed by atoms with E-state index in [1.807, 2.05) is 13.0 Å². The fourth-order valence-electron chi connectivity index (χ4n) is 1.60. The molecule has 0 unspecified atom stereocenters. The number of esters is 1. The van der Waals surface area contributed by atoms with E-state index in [9.17, 15) is 4.79 Å². The summed E-state index contributed by atoms with van der Waals surface area (Å²) in [5.74, 6) is -0.251. The van der Waals surface area contributed by atoms with Gasteiger partial charge in [-0.15, -0.1) is 0 Å². The number of imidazole rings is 1. The van der Waals surface area contributed by atoms with Crippen molar-refractivity contribution in [1.82, 2.24) is 14.5 Å². The number of aryl methyl sites for hydroxylation is 1. The Kier molecular flexibility index (Phi) is 3.27. The molecule has 0 saturated carbocycles. The Morgan fingerprint density at radius 2 is 2.28 bits per heavy atom. The van der Waals surface area contributed by atoms with Crippen molar-refractivity contribution in [3.05, 3.63) is 36.0 Å². The van der Waals surface area contributed by atoms with Crippen LogP contribution in [0.4, 0.5) is 5.82 Å². The zero-order valence-corrected chi connectivity index (χ0v) is 10.3. The van der Waals surface area contributed by atoms with E-state index >= 15 is 0 Å². The van der Waals surface area contributed by atoms with Crippen LogP contribution in [0.25, 0.3) is 5.69 Å². The zero-order chi connectivity index (χ0) is 13.1. The molecule has 6 nitrogen and oxygen atoms in total. The topological polar surface area (TPSA) is 83.0 Å². The lowest BCUT2D eigenvalue weighted by Crippen LogP contribution is -2.09. The number of nitrogens with two attached hydrogens (primary N) is 1. The van der Waals surface area contributed by atoms with Crippen molar-refractivity contribution in [2.24, 2.45) is 0 Å². The number of hydrogen-bond donors (Lipinski definition) is 1. The van der Waals surface area contributed by atoms with E-state index in [-0.39, 0.29) is 11.5 Å². The smallest absolute Gasteiger partial charge is 0.360 e. The first-order valence-electron chi connectivity index (χ1n) is 5.56. The van der Waals surface area contributed by atoms with Gasteiger partial charge in [0.1, 0.15) is 12.1 Å². The van der Waals surface area contributed by atoms with E-state index in [4.69, 9.17) is 10.5 Å². The van der Waals surface area contributed by atoms with Gasteiger partial charge in [-0.05, 0) is 26.0 Å². The largest absolute Gasteiger partial charge is 0.461 e. The molecule has 0 spiro atoms. The van der Waals surface area contributed by atoms with Crippen LogP contribution in [0, 0.1) is 6.92 Å². The highest BCUT2D eigenvalue weighted by Gasteiger charge is 2.17. The van der Waals surface area contributed by atoms with Crippen LogP contribution >= 0.6 is 0 Å². The van der Waals surface area contributed by atoms with Gasteiger partial charge in [-0.1, -0.05) is 0 Å². The molecule has 2 rings (SSSR count). The number of anilines is 1. The number of nitrogens with zero attached hydrogens (tertiary/aromatic N) is 3. The van der Waals surface area contributed by atoms with Crippen LogP contribution in [-0.2, 0) is 4.74 Å². The first-order chi connectivity index (χ1) is 8.63. The minimum atomic E-state index is -0.514. The average Bonchev–Trinajstić information content (AvgIpc) is 2.71. The summed E-state index contributed by atoms with van der Waals surface area (Å²) >= 11 is 0. The van der Waals surface area contributed by atoms with Gasteiger partial charge in [0.2, 0.25) is 0 Å². The number of rotatable bonds is 3. The van der Waals surface area contributed by atoms with E-state index < -0.39 is 5.97 Å². The monoisotopic (exact) mass is 246 g/mol. The van der Waals surface area contributed by atoms with Crippen molar-refractivity contribution in [3.8, 4) is 5.69 Å². The van der Waals surface area contributed by atoms with Gasteiger partial charge < -0.3 is 10.5 Å². The van der Waals surface area contributed by atoms with E-state index in [0.29, 0.717) is 6.61 Å². The Morgan fingerprint density at radius 3 is 2.94 bits per heavy atom. The quantitative estimate of drug-likeness (QED) is 0.826. The highest BCUT2D eigenvalue weighted by molar-refractivity contribution is 5.92. The molecule has 0 atom stereocenters. The third-order valence-electron chi connectivity index (χ3n) is 2.43. The molecule has 2 aromatic heterocycles. The summed E-state index contributed by atoms with van der Waals surface area (Å²) in [6.07, 6.45) is 3.17. The third kappa shape index (κ3) is 2.17. The summed E-state index contributed by atoms with van der Waals surface area (Å²) in [4.78, 5) is 19.7. The van der Waals surface area contributed by atoms with E-state index in [1.165, 1.54) is 6.33 Å². The molecule has 0 aromatic carbocycles. The first kappa shape index (κ1) is 12.1. The minimum Gasteiger partial charge on any atom is -0.461 e. The highest BCUT2D eigenvalue weighted by Crippen LogP contribution is 2.17. The van der Waals surface area contributed by atoms with Crippen molar-refractivity contribution in [2.45, 2.75) is 13.8 Å². The molecule has 18 heavy (non-hydrogen) atoms. The Bertz CT molecular complexity index is 577. The van der Waals surface area contributed by atoms with Crippen LogP contribution in [0.3, 0.4) is 0 Å². The standard InChI is InChI=1S/C12H14N4O2/c1-3-18-12(17)10-11(13)16(7-15-10)9-4-5-14-8(2)6-9/h4-7H,3,13H2,1-2H3. The van der Waals surface area contributed by atoms with Gasteiger partial charge in [-0.3, -0.25) is 9.55 Å². The van der Waals surface area contributed by atoms with Crippen molar-refractivity contribution < 1.29 is 9.53 Å². The summed E-state index contributed by atoms with van der Waals surface area (Å²) < 4.78 is 6.50. The number of hydrogen-bond acceptors (Lipinski definition) is 5. The normalized spacial score (nSPS) is 10.3. The van der Waals surface area contributed by atoms with E-state index in [0.717, 1.165) is 11.4 Å². The summed E-state index contributed by atoms with van der Waals surface area (Å²) in [5, 5.41) is 0. The van der Waals surface area contributed by atoms with Gasteiger partial charge in [0.05, 0.1) is 12.3 Å². The van der Waals surface area contributed by atoms with Crippen LogP contribution in [0.15, 0.2) is 24.7 Å². The molecule has 0 radical (unpaired) electrons. The van der Waals surface area contributed by atoms with Crippen LogP contribution in [0.2, 0.25) is 0 Å². The lowest BCUT2D eigenvalue weighted by Gasteiger charge is -2.05. The number of aromatic nitrogens is 3. The van der Waals surface area contributed by atoms with Gasteiger partial charge in [0.15, 0.2) is 5.69 Å². The molecule has 0 amide bonds. The van der Waals surface area contributed by atoms with Crippen molar-refractivity contribution in [3.63, 3.8) is 0 Å². The van der Waals surface area contributed by atoms with E-state index in [1.54, 1.807) is 23.8 Å². The summed E-state index contributed by atoms with van der Waals surface area (Å²) in [6, 6.07) is 3.65. The fraction of sp³-hybridized carbons (Fsp3) is 0.250. The van der Waals surface area contributed by atoms with Crippen LogP contribution in [0.1, 0.15) is 23.1 Å². The van der Waals surface area contributed by atoms with E-state index in [2.05, 4.69) is 9.97 Å². The first-order valence-corrected chi connectivity index (χ1v) is 5.56. The fourth-order valence-corrected chi connectivity index (χ4v) is 1.60. The molecule has 6 heteroatoms. The second-order valence-electron chi connectivity index (χ2n) is 3.72. The van der Waals surface area contributed by atoms with Crippen LogP contribution < -0.4 is 5.73 Å². The van der Waals surface area contributed by atoms with Gasteiger partial charge in [0.25, 0.3) is 0 Å². The molecule has 94 valence electrons. The van der Waals surface area contributed by atoms with Gasteiger partial charge in [0, 0.05) is 11.9 Å². The molecule has 0 fully saturated rings. The SMILES string of the molecule is CCOC(=O)c1ncn(-c2ccnc(C)c2)c1N. The molecule has 2 aromatic rings. The summed E-state index contributed by atoms with van der Waals surface area (Å²) in [5.41, 5.74) is 7.69. The number of ether oxygens (including phenoxy) is 1.